The molecule has 0 aliphatic carbocycles. The predicted octanol–water partition coefficient (Wildman–Crippen LogP) is 15.2. The Morgan fingerprint density at radius 2 is 0.704 bits per heavy atom. The van der Waals surface area contributed by atoms with Crippen LogP contribution in [0.4, 0.5) is 11.4 Å². The standard InChI is InChI=1S/C43H69N2.C5H12O2.ClH.Pd/c1-9-19-34(20-10-2)38-27-17-28-39(35(21-11-3)22-12-4)42(38)44-31-32-45(33-44)43-40(36(23-13-5)24-14-6)29-18-30-41(43)37(25-15-7)26-16-8;1-4(6)3-5(2)7;;/h17-18,27-37H,9-16,19-26H2,1-8H3;4-7H,3H2,1-2H3;1H;/q-1;;;+2/p-1. The number of hydrogen-bond donors (Lipinski definition) is 2. The van der Waals surface area contributed by atoms with E-state index in [-0.39, 0.29) is 12.2 Å². The molecule has 0 fully saturated rings. The SMILES string of the molecule is CC(O)CC(C)O.CCCC(CCC)c1cccc(C(CCC)CCC)c1N1C=CN(c2c(C(CCC)CCC)cccc2C(CCC)CCC)[CH-]1.[Cl][Pd+]. The predicted molar refractivity (Wildman–Crippen MR) is 235 cm³/mol. The van der Waals surface area contributed by atoms with E-state index in [0.29, 0.717) is 30.1 Å². The van der Waals surface area contributed by atoms with Crippen LogP contribution in [-0.4, -0.2) is 22.4 Å². The van der Waals surface area contributed by atoms with Crippen molar-refractivity contribution in [1.82, 2.24) is 0 Å². The molecule has 0 bridgehead atoms. The summed E-state index contributed by atoms with van der Waals surface area (Å²) in [4.78, 5) is 5.07. The third-order valence-corrected chi connectivity index (χ3v) is 10.9. The van der Waals surface area contributed by atoms with E-state index in [0.717, 1.165) is 0 Å². The van der Waals surface area contributed by atoms with E-state index in [1.165, 1.54) is 114 Å². The Labute approximate surface area is 349 Å². The fourth-order valence-electron chi connectivity index (χ4n) is 8.80. The molecule has 0 radical (unpaired) electrons. The van der Waals surface area contributed by atoms with Crippen molar-refractivity contribution in [3.63, 3.8) is 0 Å². The topological polar surface area (TPSA) is 46.9 Å². The number of nitrogens with zero attached hydrogens (tertiary/aromatic N) is 2. The number of hydrogen-bond acceptors (Lipinski definition) is 4. The van der Waals surface area contributed by atoms with Crippen molar-refractivity contribution >= 4 is 20.9 Å². The molecular weight excluding hydrogens is 778 g/mol. The molecule has 2 aromatic carbocycles. The van der Waals surface area contributed by atoms with Crippen molar-refractivity contribution in [2.45, 2.75) is 214 Å². The number of anilines is 2. The minimum atomic E-state index is -0.375. The molecule has 312 valence electrons. The maximum atomic E-state index is 8.56. The first-order valence-corrected chi connectivity index (χ1v) is 24.0. The number of rotatable bonds is 24. The van der Waals surface area contributed by atoms with Gasteiger partial charge in [-0.05, 0) is 130 Å². The molecule has 3 rings (SSSR count). The van der Waals surface area contributed by atoms with Gasteiger partial charge in [0.25, 0.3) is 0 Å². The van der Waals surface area contributed by atoms with Crippen LogP contribution in [0.2, 0.25) is 0 Å². The van der Waals surface area contributed by atoms with Crippen LogP contribution >= 0.6 is 9.53 Å². The molecule has 0 spiro atoms. The van der Waals surface area contributed by atoms with E-state index in [9.17, 15) is 0 Å². The average molecular weight is 860 g/mol. The van der Waals surface area contributed by atoms with Crippen LogP contribution in [0.5, 0.6) is 0 Å². The Kier molecular flexibility index (Phi) is 28.0. The van der Waals surface area contributed by atoms with Gasteiger partial charge in [0.2, 0.25) is 0 Å². The molecule has 2 N–H and O–H groups in total. The number of aliphatic hydroxyl groups is 2. The molecule has 2 atom stereocenters. The third kappa shape index (κ3) is 16.3. The molecule has 0 amide bonds. The van der Waals surface area contributed by atoms with Gasteiger partial charge in [0.1, 0.15) is 0 Å². The van der Waals surface area contributed by atoms with Crippen molar-refractivity contribution in [1.29, 1.82) is 0 Å². The van der Waals surface area contributed by atoms with Crippen LogP contribution in [0.25, 0.3) is 0 Å². The fourth-order valence-corrected chi connectivity index (χ4v) is 8.80. The maximum absolute atomic E-state index is 8.56. The van der Waals surface area contributed by atoms with Crippen molar-refractivity contribution in [2.75, 3.05) is 9.80 Å². The summed E-state index contributed by atoms with van der Waals surface area (Å²) in [5, 5.41) is 17.1. The number of halogens is 1. The van der Waals surface area contributed by atoms with Gasteiger partial charge in [0.15, 0.2) is 0 Å². The molecule has 2 unspecified atom stereocenters. The zero-order valence-corrected chi connectivity index (χ0v) is 38.5. The first-order chi connectivity index (χ1) is 26.1. The van der Waals surface area contributed by atoms with Gasteiger partial charge in [-0.1, -0.05) is 143 Å². The summed E-state index contributed by atoms with van der Waals surface area (Å²) in [6, 6.07) is 14.6. The Morgan fingerprint density at radius 1 is 0.481 bits per heavy atom. The molecule has 1 aliphatic heterocycles. The summed E-state index contributed by atoms with van der Waals surface area (Å²) < 4.78 is 0. The monoisotopic (exact) mass is 859 g/mol. The van der Waals surface area contributed by atoms with E-state index in [1.807, 2.05) is 0 Å². The molecule has 0 aromatic heterocycles. The van der Waals surface area contributed by atoms with Crippen LogP contribution in [0, 0.1) is 6.67 Å². The van der Waals surface area contributed by atoms with Crippen LogP contribution in [0.1, 0.15) is 224 Å². The normalized spacial score (nSPS) is 13.8. The van der Waals surface area contributed by atoms with Gasteiger partial charge in [0, 0.05) is 11.4 Å². The fraction of sp³-hybridized carbons (Fsp3) is 0.688. The average Bonchev–Trinajstić information content (AvgIpc) is 3.64. The van der Waals surface area contributed by atoms with Gasteiger partial charge < -0.3 is 20.0 Å². The Balaban J connectivity index is 0.00000145. The zero-order valence-electron chi connectivity index (χ0n) is 36.2. The van der Waals surface area contributed by atoms with Gasteiger partial charge in [0.05, 0.1) is 12.2 Å². The summed E-state index contributed by atoms with van der Waals surface area (Å²) in [7, 11) is 4.49. The summed E-state index contributed by atoms with van der Waals surface area (Å²) in [6.07, 6.45) is 24.4. The van der Waals surface area contributed by atoms with Crippen molar-refractivity contribution < 1.29 is 28.4 Å². The quantitative estimate of drug-likeness (QED) is 0.0815. The van der Waals surface area contributed by atoms with Gasteiger partial charge in [-0.3, -0.25) is 0 Å². The Hall–Kier alpha value is -1.35. The molecule has 6 heteroatoms. The molecular formula is C48H81ClN2O2Pd. The number of para-hydroxylation sites is 2. The van der Waals surface area contributed by atoms with Crippen molar-refractivity contribution in [2.24, 2.45) is 0 Å². The van der Waals surface area contributed by atoms with Gasteiger partial charge in [-0.15, -0.1) is 6.67 Å². The second-order valence-electron chi connectivity index (χ2n) is 15.8. The van der Waals surface area contributed by atoms with Gasteiger partial charge in [-0.25, -0.2) is 0 Å². The number of aliphatic hydroxyl groups excluding tert-OH is 2. The van der Waals surface area contributed by atoms with E-state index in [4.69, 9.17) is 10.2 Å². The van der Waals surface area contributed by atoms with Gasteiger partial charge >= 0.3 is 27.7 Å². The second kappa shape index (κ2) is 29.8. The van der Waals surface area contributed by atoms with Crippen LogP contribution in [-0.2, 0) is 18.2 Å². The van der Waals surface area contributed by atoms with Crippen LogP contribution in [0.3, 0.4) is 0 Å². The molecule has 2 aromatic rings. The second-order valence-corrected chi connectivity index (χ2v) is 15.8. The molecule has 4 nitrogen and oxygen atoms in total. The molecule has 1 heterocycles. The van der Waals surface area contributed by atoms with Crippen LogP contribution < -0.4 is 9.80 Å². The van der Waals surface area contributed by atoms with E-state index in [1.54, 1.807) is 36.1 Å². The summed E-state index contributed by atoms with van der Waals surface area (Å²) in [6.45, 7) is 24.6. The third-order valence-electron chi connectivity index (χ3n) is 10.9. The van der Waals surface area contributed by atoms with E-state index >= 15 is 0 Å². The van der Waals surface area contributed by atoms with Crippen molar-refractivity contribution in [3.05, 3.63) is 77.7 Å². The summed E-state index contributed by atoms with van der Waals surface area (Å²) in [5.41, 5.74) is 9.21. The van der Waals surface area contributed by atoms with Crippen molar-refractivity contribution in [3.8, 4) is 0 Å². The van der Waals surface area contributed by atoms with Crippen LogP contribution in [0.15, 0.2) is 48.8 Å². The molecule has 0 saturated heterocycles. The Morgan fingerprint density at radius 3 is 0.870 bits per heavy atom. The summed E-state index contributed by atoms with van der Waals surface area (Å²) >= 11 is 2.22. The first kappa shape index (κ1) is 50.7. The minimum absolute atomic E-state index is 0.375. The molecule has 1 aliphatic rings. The molecule has 0 saturated carbocycles. The molecule has 54 heavy (non-hydrogen) atoms. The van der Waals surface area contributed by atoms with E-state index in [2.05, 4.69) is 148 Å². The van der Waals surface area contributed by atoms with E-state index < -0.39 is 0 Å². The zero-order chi connectivity index (χ0) is 40.5. The summed E-state index contributed by atoms with van der Waals surface area (Å²) in [5.74, 6) is 2.42. The Bertz CT molecular complexity index is 1080. The van der Waals surface area contributed by atoms with Gasteiger partial charge in [-0.2, -0.15) is 0 Å². The first-order valence-electron chi connectivity index (χ1n) is 22.0. The number of benzene rings is 2.